The summed E-state index contributed by atoms with van der Waals surface area (Å²) < 4.78 is 4.52. The van der Waals surface area contributed by atoms with Crippen LogP contribution in [0.2, 0.25) is 0 Å². The van der Waals surface area contributed by atoms with Crippen molar-refractivity contribution in [1.82, 2.24) is 19.1 Å². The molecule has 0 aliphatic rings. The number of benzene rings is 11. The van der Waals surface area contributed by atoms with Crippen molar-refractivity contribution in [2.24, 2.45) is 0 Å². The van der Waals surface area contributed by atoms with Gasteiger partial charge >= 0.3 is 0 Å². The van der Waals surface area contributed by atoms with Gasteiger partial charge in [-0.3, -0.25) is 0 Å². The summed E-state index contributed by atoms with van der Waals surface area (Å²) in [6.45, 7) is 24.8. The summed E-state index contributed by atoms with van der Waals surface area (Å²) >= 11 is 0. The van der Waals surface area contributed by atoms with Crippen LogP contribution in [0.1, 0.15) is 11.1 Å². The molecule has 9 nitrogen and oxygen atoms in total. The van der Waals surface area contributed by atoms with Gasteiger partial charge in [-0.2, -0.15) is 10.5 Å². The fourth-order valence-electron chi connectivity index (χ4n) is 11.6. The Hall–Kier alpha value is -12.5. The third-order valence-electron chi connectivity index (χ3n) is 15.6. The average molecular weight is 1070 g/mol. The molecule has 14 rings (SSSR count). The lowest BCUT2D eigenvalue weighted by Crippen LogP contribution is -2.05. The van der Waals surface area contributed by atoms with Crippen LogP contribution in [0.5, 0.6) is 0 Å². The van der Waals surface area contributed by atoms with E-state index in [0.717, 1.165) is 105 Å². The maximum absolute atomic E-state index is 10.0. The fraction of sp³-hybridized carbons (Fsp3) is 0. The molecule has 84 heavy (non-hydrogen) atoms. The molecule has 0 aliphatic carbocycles. The van der Waals surface area contributed by atoms with Crippen molar-refractivity contribution in [2.45, 2.75) is 0 Å². The first-order valence-corrected chi connectivity index (χ1v) is 27.1. The SMILES string of the molecule is [C-]#[N+]c1cccc(-c2ccc3c(c2)c2cc(-c4cccc([N+]#[C-])c4)ccc2n3-c2cc([N+]#[C-])c(-c3nc(-c4ccccc4)cc(-c4ccccc4)n3)cc2-n2c3ccc(-c4cccc(C#N)c4)cc3c3cc(-c4cccc(C#N)c4)ccc32)c1. The van der Waals surface area contributed by atoms with Crippen LogP contribution < -0.4 is 0 Å². The zero-order valence-corrected chi connectivity index (χ0v) is 44.7. The Kier molecular flexibility index (Phi) is 12.2. The molecule has 0 radical (unpaired) electrons. The molecule has 3 heterocycles. The Balaban J connectivity index is 1.11. The third kappa shape index (κ3) is 8.72. The molecule has 11 aromatic carbocycles. The van der Waals surface area contributed by atoms with E-state index in [1.165, 1.54) is 0 Å². The Morgan fingerprint density at radius 3 is 1.06 bits per heavy atom. The van der Waals surface area contributed by atoms with Crippen LogP contribution >= 0.6 is 0 Å². The van der Waals surface area contributed by atoms with Crippen LogP contribution in [0.15, 0.2) is 249 Å². The van der Waals surface area contributed by atoms with Gasteiger partial charge in [0.1, 0.15) is 5.82 Å². The zero-order valence-electron chi connectivity index (χ0n) is 44.7. The molecule has 386 valence electrons. The van der Waals surface area contributed by atoms with E-state index in [1.807, 2.05) is 158 Å². The van der Waals surface area contributed by atoms with Gasteiger partial charge in [0, 0.05) is 38.2 Å². The minimum Gasteiger partial charge on any atom is -0.308 e. The normalized spacial score (nSPS) is 11.0. The highest BCUT2D eigenvalue weighted by atomic mass is 15.1. The standard InChI is InChI=1S/C75H41N9/c1-78-59-24-12-22-53(36-59)57-28-32-71-63(40-57)64-41-58(54-23-13-25-60(37-54)79-2)29-33-72(64)84(71)74-44-68(80-3)65(75-81-66(49-16-6-4-7-17-49)43-67(82-75)50-18-8-5-9-19-50)42-73(74)83-69-30-26-55(51-20-10-14-47(34-51)45-76)38-61(69)62-39-56(27-31-70(62)83)52-21-11-15-48(35-52)46-77/h4-44H. The summed E-state index contributed by atoms with van der Waals surface area (Å²) in [7, 11) is 0. The monoisotopic (exact) mass is 1070 g/mol. The van der Waals surface area contributed by atoms with Crippen molar-refractivity contribution >= 4 is 60.7 Å². The van der Waals surface area contributed by atoms with E-state index < -0.39 is 0 Å². The summed E-state index contributed by atoms with van der Waals surface area (Å²) in [6, 6.07) is 86.8. The van der Waals surface area contributed by atoms with Crippen LogP contribution in [0.25, 0.3) is 148 Å². The summed E-state index contributed by atoms with van der Waals surface area (Å²) in [5.41, 5.74) is 18.6. The molecule has 0 aliphatic heterocycles. The van der Waals surface area contributed by atoms with Gasteiger partial charge in [0.15, 0.2) is 17.1 Å². The lowest BCUT2D eigenvalue weighted by atomic mass is 9.99. The number of fused-ring (bicyclic) bond motifs is 6. The maximum atomic E-state index is 10.0. The van der Waals surface area contributed by atoms with Crippen molar-refractivity contribution < 1.29 is 0 Å². The van der Waals surface area contributed by atoms with E-state index in [9.17, 15) is 10.5 Å². The van der Waals surface area contributed by atoms with E-state index in [1.54, 1.807) is 12.1 Å². The van der Waals surface area contributed by atoms with Crippen molar-refractivity contribution in [2.75, 3.05) is 0 Å². The van der Waals surface area contributed by atoms with Crippen LogP contribution in [0.3, 0.4) is 0 Å². The van der Waals surface area contributed by atoms with Crippen LogP contribution in [0.4, 0.5) is 17.1 Å². The molecule has 9 heteroatoms. The second kappa shape index (κ2) is 20.7. The van der Waals surface area contributed by atoms with E-state index in [2.05, 4.69) is 115 Å². The first-order valence-electron chi connectivity index (χ1n) is 27.1. The van der Waals surface area contributed by atoms with E-state index >= 15 is 0 Å². The molecule has 0 bridgehead atoms. The summed E-state index contributed by atoms with van der Waals surface area (Å²) in [5, 5.41) is 23.8. The molecule has 0 saturated carbocycles. The molecule has 14 aromatic rings. The average Bonchev–Trinajstić information content (AvgIpc) is 2.04. The molecule has 0 unspecified atom stereocenters. The second-order valence-electron chi connectivity index (χ2n) is 20.5. The van der Waals surface area contributed by atoms with Gasteiger partial charge in [-0.25, -0.2) is 24.5 Å². The summed E-state index contributed by atoms with van der Waals surface area (Å²) in [6.07, 6.45) is 0. The molecular formula is C75H41N9. The van der Waals surface area contributed by atoms with Gasteiger partial charge in [-0.1, -0.05) is 146 Å². The first kappa shape index (κ1) is 49.8. The Labute approximate surface area is 483 Å². The Bertz CT molecular complexity index is 4980. The number of nitrogens with zero attached hydrogens (tertiary/aromatic N) is 9. The minimum absolute atomic E-state index is 0.341. The highest BCUT2D eigenvalue weighted by Crippen LogP contribution is 2.46. The lowest BCUT2D eigenvalue weighted by Gasteiger charge is -2.20. The predicted octanol–water partition coefficient (Wildman–Crippen LogP) is 19.7. The molecular weight excluding hydrogens is 1030 g/mol. The topological polar surface area (TPSA) is 96.3 Å². The number of hydrogen-bond donors (Lipinski definition) is 0. The van der Waals surface area contributed by atoms with Gasteiger partial charge in [0.25, 0.3) is 0 Å². The van der Waals surface area contributed by atoms with Crippen molar-refractivity contribution in [1.29, 1.82) is 10.5 Å². The van der Waals surface area contributed by atoms with Crippen LogP contribution in [-0.4, -0.2) is 19.1 Å². The van der Waals surface area contributed by atoms with Gasteiger partial charge < -0.3 is 9.13 Å². The Morgan fingerprint density at radius 1 is 0.321 bits per heavy atom. The van der Waals surface area contributed by atoms with Crippen LogP contribution in [0, 0.1) is 42.4 Å². The number of rotatable bonds is 9. The largest absolute Gasteiger partial charge is 0.308 e. The van der Waals surface area contributed by atoms with Crippen LogP contribution in [-0.2, 0) is 0 Å². The maximum Gasteiger partial charge on any atom is 0.200 e. The smallest absolute Gasteiger partial charge is 0.200 e. The van der Waals surface area contributed by atoms with Crippen molar-refractivity contribution in [3.05, 3.63) is 294 Å². The number of aromatic nitrogens is 4. The van der Waals surface area contributed by atoms with Crippen molar-refractivity contribution in [3.63, 3.8) is 0 Å². The fourth-order valence-corrected chi connectivity index (χ4v) is 11.6. The summed E-state index contributed by atoms with van der Waals surface area (Å²) in [5.74, 6) is 0.383. The van der Waals surface area contributed by atoms with Crippen molar-refractivity contribution in [3.8, 4) is 102 Å². The molecule has 3 aromatic heterocycles. The third-order valence-corrected chi connectivity index (χ3v) is 15.6. The lowest BCUT2D eigenvalue weighted by molar-refractivity contribution is 1.09. The zero-order chi connectivity index (χ0) is 56.8. The van der Waals surface area contributed by atoms with Gasteiger partial charge in [-0.05, 0) is 148 Å². The minimum atomic E-state index is 0.341. The Morgan fingerprint density at radius 2 is 0.679 bits per heavy atom. The summed E-state index contributed by atoms with van der Waals surface area (Å²) in [4.78, 5) is 22.5. The highest BCUT2D eigenvalue weighted by Gasteiger charge is 2.25. The molecule has 0 spiro atoms. The van der Waals surface area contributed by atoms with E-state index in [0.29, 0.717) is 56.7 Å². The highest BCUT2D eigenvalue weighted by molar-refractivity contribution is 6.14. The molecule has 0 atom stereocenters. The first-order chi connectivity index (χ1) is 41.4. The second-order valence-corrected chi connectivity index (χ2v) is 20.5. The van der Waals surface area contributed by atoms with E-state index in [4.69, 9.17) is 29.7 Å². The van der Waals surface area contributed by atoms with Gasteiger partial charge in [0.05, 0.1) is 87.8 Å². The van der Waals surface area contributed by atoms with E-state index in [-0.39, 0.29) is 0 Å². The molecule has 0 amide bonds. The molecule has 0 saturated heterocycles. The number of nitriles is 2. The number of hydrogen-bond acceptors (Lipinski definition) is 4. The quantitative estimate of drug-likeness (QED) is 0.135. The van der Waals surface area contributed by atoms with Gasteiger partial charge in [-0.15, -0.1) is 0 Å². The van der Waals surface area contributed by atoms with Gasteiger partial charge in [0.2, 0.25) is 0 Å². The molecule has 0 N–H and O–H groups in total. The predicted molar refractivity (Wildman–Crippen MR) is 337 cm³/mol. The molecule has 0 fully saturated rings.